The molecule has 0 bridgehead atoms. The number of hydrogen-bond acceptors (Lipinski definition) is 7. The molecule has 4 aliphatic rings. The van der Waals surface area contributed by atoms with Crippen molar-refractivity contribution in [3.05, 3.63) is 0 Å². The Hall–Kier alpha value is -1.42. The molecule has 0 aromatic rings. The second-order valence-corrected chi connectivity index (χ2v) is 12.0. The predicted octanol–water partition coefficient (Wildman–Crippen LogP) is 2.09. The van der Waals surface area contributed by atoms with Crippen LogP contribution >= 0.6 is 0 Å². The van der Waals surface area contributed by atoms with E-state index in [0.29, 0.717) is 43.9 Å². The molecule has 0 unspecified atom stereocenters. The van der Waals surface area contributed by atoms with Gasteiger partial charge in [-0.25, -0.2) is 0 Å². The van der Waals surface area contributed by atoms with E-state index < -0.39 is 16.6 Å². The molecule has 0 spiro atoms. The molecule has 4 rings (SSSR count). The molecule has 9 nitrogen and oxygen atoms in total. The fourth-order valence-corrected chi connectivity index (χ4v) is 8.34. The monoisotopic (exact) mass is 493 g/mol. The van der Waals surface area contributed by atoms with E-state index in [1.807, 2.05) is 0 Å². The normalized spacial score (nSPS) is 44.9. The van der Waals surface area contributed by atoms with Crippen molar-refractivity contribution in [2.24, 2.45) is 45.2 Å². The zero-order valence-corrected chi connectivity index (χ0v) is 21.6. The third-order valence-electron chi connectivity index (χ3n) is 10.6. The van der Waals surface area contributed by atoms with Crippen LogP contribution in [0, 0.1) is 34.0 Å². The molecule has 0 saturated heterocycles. The summed E-state index contributed by atoms with van der Waals surface area (Å²) in [4.78, 5) is 5.30. The molecule has 4 fully saturated rings. The number of nitrogens with two attached hydrogens (primary N) is 2. The summed E-state index contributed by atoms with van der Waals surface area (Å²) < 4.78 is 6.15. The van der Waals surface area contributed by atoms with Crippen LogP contribution in [0.25, 0.3) is 0 Å². The minimum absolute atomic E-state index is 0.114. The number of guanidine groups is 1. The number of oxime groups is 1. The van der Waals surface area contributed by atoms with Crippen molar-refractivity contribution in [1.82, 2.24) is 5.32 Å². The van der Waals surface area contributed by atoms with Gasteiger partial charge in [0, 0.05) is 12.0 Å². The van der Waals surface area contributed by atoms with Crippen LogP contribution in [0.5, 0.6) is 0 Å². The van der Waals surface area contributed by atoms with Crippen molar-refractivity contribution in [3.63, 3.8) is 0 Å². The third kappa shape index (κ3) is 4.58. The number of rotatable bonds is 9. The van der Waals surface area contributed by atoms with Crippen LogP contribution in [0.3, 0.4) is 0 Å². The molecule has 0 amide bonds. The number of aliphatic hydroxyl groups is 2. The van der Waals surface area contributed by atoms with Crippen molar-refractivity contribution in [3.8, 4) is 0 Å². The van der Waals surface area contributed by atoms with Crippen molar-refractivity contribution in [1.29, 1.82) is 5.41 Å². The van der Waals surface area contributed by atoms with Gasteiger partial charge in [-0.1, -0.05) is 19.0 Å². The minimum atomic E-state index is -1.20. The van der Waals surface area contributed by atoms with E-state index in [0.717, 1.165) is 58.0 Å². The summed E-state index contributed by atoms with van der Waals surface area (Å²) >= 11 is 0. The Kier molecular flexibility index (Phi) is 7.72. The molecule has 0 aromatic carbocycles. The summed E-state index contributed by atoms with van der Waals surface area (Å²) in [5, 5.41) is 37.8. The lowest BCUT2D eigenvalue weighted by atomic mass is 9.43. The van der Waals surface area contributed by atoms with Crippen molar-refractivity contribution >= 4 is 12.2 Å². The number of fused-ring (bicyclic) bond motifs is 5. The first kappa shape index (κ1) is 26.6. The molecular weight excluding hydrogens is 446 g/mol. The van der Waals surface area contributed by atoms with Crippen LogP contribution in [-0.4, -0.2) is 66.0 Å². The lowest BCUT2D eigenvalue weighted by molar-refractivity contribution is -0.225. The summed E-state index contributed by atoms with van der Waals surface area (Å²) in [5.41, 5.74) is 8.36. The molecule has 4 saturated carbocycles. The highest BCUT2D eigenvalue weighted by Gasteiger charge is 2.71. The van der Waals surface area contributed by atoms with Gasteiger partial charge in [0.05, 0.1) is 24.5 Å². The van der Waals surface area contributed by atoms with Crippen molar-refractivity contribution in [2.75, 3.05) is 26.3 Å². The topological polar surface area (TPSA) is 159 Å². The molecule has 0 aliphatic heterocycles. The van der Waals surface area contributed by atoms with Gasteiger partial charge in [0.25, 0.3) is 0 Å². The molecule has 200 valence electrons. The largest absolute Gasteiger partial charge is 0.394 e. The fourth-order valence-electron chi connectivity index (χ4n) is 8.34. The Labute approximate surface area is 209 Å². The first-order chi connectivity index (χ1) is 16.6. The fraction of sp³-hybridized carbons (Fsp3) is 0.923. The summed E-state index contributed by atoms with van der Waals surface area (Å²) in [6.07, 6.45) is 11.1. The Morgan fingerprint density at radius 3 is 2.63 bits per heavy atom. The van der Waals surface area contributed by atoms with E-state index in [1.165, 1.54) is 6.21 Å². The SMILES string of the molecule is C[C@]12CC[C@H](OCCCN)C[C@H]1CC[C@@H]1[C@@H]2CC[C@]2(C)[C@@](O)(/C=N/OCCNC(=N)N)CC[C@]12O. The Bertz CT molecular complexity index is 798. The van der Waals surface area contributed by atoms with Gasteiger partial charge in [-0.2, -0.15) is 0 Å². The maximum atomic E-state index is 12.3. The average Bonchev–Trinajstić information content (AvgIpc) is 3.03. The maximum absolute atomic E-state index is 12.3. The first-order valence-corrected chi connectivity index (χ1v) is 13.6. The van der Waals surface area contributed by atoms with Crippen LogP contribution < -0.4 is 16.8 Å². The van der Waals surface area contributed by atoms with Crippen molar-refractivity contribution in [2.45, 2.75) is 95.4 Å². The van der Waals surface area contributed by atoms with Crippen LogP contribution in [0.4, 0.5) is 0 Å². The van der Waals surface area contributed by atoms with E-state index >= 15 is 0 Å². The van der Waals surface area contributed by atoms with Gasteiger partial charge in [-0.05, 0) is 93.9 Å². The first-order valence-electron chi connectivity index (χ1n) is 13.6. The lowest BCUT2D eigenvalue weighted by Crippen LogP contribution is -2.65. The number of nitrogens with one attached hydrogen (secondary N) is 2. The molecule has 8 atom stereocenters. The van der Waals surface area contributed by atoms with Crippen molar-refractivity contribution < 1.29 is 19.8 Å². The van der Waals surface area contributed by atoms with E-state index in [4.69, 9.17) is 26.5 Å². The molecule has 9 heteroatoms. The van der Waals surface area contributed by atoms with Gasteiger partial charge in [0.15, 0.2) is 5.96 Å². The van der Waals surface area contributed by atoms with Gasteiger partial charge in [0.2, 0.25) is 0 Å². The average molecular weight is 494 g/mol. The second kappa shape index (κ2) is 10.1. The highest BCUT2D eigenvalue weighted by molar-refractivity contribution is 5.74. The van der Waals surface area contributed by atoms with E-state index in [9.17, 15) is 10.2 Å². The number of nitrogens with zero attached hydrogens (tertiary/aromatic N) is 1. The van der Waals surface area contributed by atoms with Gasteiger partial charge in [-0.3, -0.25) is 5.41 Å². The minimum Gasteiger partial charge on any atom is -0.394 e. The van der Waals surface area contributed by atoms with Gasteiger partial charge < -0.3 is 36.6 Å². The van der Waals surface area contributed by atoms with Crippen LogP contribution in [0.1, 0.15) is 78.1 Å². The van der Waals surface area contributed by atoms with Crippen LogP contribution in [0.2, 0.25) is 0 Å². The summed E-state index contributed by atoms with van der Waals surface area (Å²) in [7, 11) is 0. The predicted molar refractivity (Wildman–Crippen MR) is 136 cm³/mol. The van der Waals surface area contributed by atoms with Gasteiger partial charge in [0.1, 0.15) is 12.2 Å². The Morgan fingerprint density at radius 1 is 1.09 bits per heavy atom. The molecule has 8 N–H and O–H groups in total. The summed E-state index contributed by atoms with van der Waals surface area (Å²) in [6, 6.07) is 0. The van der Waals surface area contributed by atoms with Gasteiger partial charge >= 0.3 is 0 Å². The molecule has 0 radical (unpaired) electrons. The Balaban J connectivity index is 1.43. The quantitative estimate of drug-likeness (QED) is 0.124. The lowest BCUT2D eigenvalue weighted by Gasteiger charge is -2.64. The van der Waals surface area contributed by atoms with Gasteiger partial charge in [-0.15, -0.1) is 0 Å². The zero-order chi connectivity index (χ0) is 25.3. The molecule has 0 heterocycles. The smallest absolute Gasteiger partial charge is 0.185 e. The van der Waals surface area contributed by atoms with Crippen LogP contribution in [0.15, 0.2) is 5.16 Å². The van der Waals surface area contributed by atoms with Crippen LogP contribution in [-0.2, 0) is 9.57 Å². The zero-order valence-electron chi connectivity index (χ0n) is 21.6. The second-order valence-electron chi connectivity index (χ2n) is 12.0. The highest BCUT2D eigenvalue weighted by Crippen LogP contribution is 2.69. The standard InChI is InChI=1S/C26H47N5O4/c1-23-8-6-19(34-14-3-12-27)16-18(23)4-5-21-20(23)7-9-24(2)25(32,10-11-26(21,24)33)17-31-35-15-13-30-22(28)29/h17-21,32-33H,3-16,27H2,1-2H3,(H4,28,29,30)/b31-17+/t18-,19+,20+,21-,23+,24-,25+,26+/m1/s1. The molecule has 35 heavy (non-hydrogen) atoms. The molecule has 0 aromatic heterocycles. The summed E-state index contributed by atoms with van der Waals surface area (Å²) in [6.45, 7) is 6.56. The van der Waals surface area contributed by atoms with E-state index in [1.54, 1.807) is 0 Å². The molecular formula is C26H47N5O4. The number of hydrogen-bond donors (Lipinski definition) is 6. The van der Waals surface area contributed by atoms with E-state index in [-0.39, 0.29) is 23.9 Å². The summed E-state index contributed by atoms with van der Waals surface area (Å²) in [5.74, 6) is 1.18. The number of ether oxygens (including phenoxy) is 1. The highest BCUT2D eigenvalue weighted by atomic mass is 16.6. The third-order valence-corrected chi connectivity index (χ3v) is 10.6. The molecule has 4 aliphatic carbocycles. The Morgan fingerprint density at radius 2 is 1.89 bits per heavy atom. The maximum Gasteiger partial charge on any atom is 0.185 e. The van der Waals surface area contributed by atoms with E-state index in [2.05, 4.69) is 24.3 Å².